The van der Waals surface area contributed by atoms with Gasteiger partial charge in [-0.3, -0.25) is 0 Å². The van der Waals surface area contributed by atoms with Crippen LogP contribution in [0.2, 0.25) is 5.54 Å². The molecule has 1 aliphatic carbocycles. The first kappa shape index (κ1) is 16.5. The topological polar surface area (TPSA) is 35.5 Å². The smallest absolute Gasteiger partial charge is 0.338 e. The Labute approximate surface area is 151 Å². The van der Waals surface area contributed by atoms with Gasteiger partial charge in [-0.2, -0.15) is 0 Å². The summed E-state index contributed by atoms with van der Waals surface area (Å²) in [4.78, 5) is 12.3. The van der Waals surface area contributed by atoms with E-state index >= 15 is 0 Å². The van der Waals surface area contributed by atoms with Crippen molar-refractivity contribution in [2.45, 2.75) is 43.7 Å². The van der Waals surface area contributed by atoms with Gasteiger partial charge in [0.05, 0.1) is 5.56 Å². The van der Waals surface area contributed by atoms with Crippen LogP contribution >= 0.6 is 0 Å². The Balaban J connectivity index is 1.62. The van der Waals surface area contributed by atoms with Crippen molar-refractivity contribution in [2.24, 2.45) is 0 Å². The van der Waals surface area contributed by atoms with Crippen molar-refractivity contribution in [1.29, 1.82) is 0 Å². The number of fused-ring (bicyclic) bond motifs is 1. The second-order valence-corrected chi connectivity index (χ2v) is 9.20. The fourth-order valence-electron chi connectivity index (χ4n) is 3.46. The molecule has 0 aromatic heterocycles. The first-order chi connectivity index (χ1) is 11.9. The number of esters is 1. The molecule has 2 radical (unpaired) electrons. The van der Waals surface area contributed by atoms with E-state index < -0.39 is 5.60 Å². The van der Waals surface area contributed by atoms with E-state index in [4.69, 9.17) is 9.16 Å². The Morgan fingerprint density at radius 2 is 1.88 bits per heavy atom. The van der Waals surface area contributed by atoms with Crippen LogP contribution in [0.4, 0.5) is 0 Å². The molecule has 2 atom stereocenters. The monoisotopic (exact) mass is 350 g/mol. The molecule has 0 N–H and O–H groups in total. The molecular weight excluding hydrogens is 328 g/mol. The molecule has 25 heavy (non-hydrogen) atoms. The molecule has 2 aromatic rings. The molecule has 1 unspecified atom stereocenters. The van der Waals surface area contributed by atoms with Crippen molar-refractivity contribution in [2.75, 3.05) is 6.61 Å². The van der Waals surface area contributed by atoms with Gasteiger partial charge < -0.3 is 9.16 Å². The summed E-state index contributed by atoms with van der Waals surface area (Å²) in [5, 5.41) is 0. The predicted molar refractivity (Wildman–Crippen MR) is 98.8 cm³/mol. The summed E-state index contributed by atoms with van der Waals surface area (Å²) in [5.74, 6) is -0.281. The van der Waals surface area contributed by atoms with E-state index in [1.54, 1.807) is 0 Å². The summed E-state index contributed by atoms with van der Waals surface area (Å²) in [6, 6.07) is 16.4. The molecule has 0 amide bonds. The lowest BCUT2D eigenvalue weighted by molar-refractivity contribution is 0.00696. The summed E-state index contributed by atoms with van der Waals surface area (Å²) in [5.41, 5.74) is 4.59. The molecular formula is C21H22O3Si. The zero-order chi connectivity index (χ0) is 17.7. The third-order valence-electron chi connectivity index (χ3n) is 4.90. The molecule has 1 aliphatic heterocycles. The molecule has 4 rings (SSSR count). The first-order valence-electron chi connectivity index (χ1n) is 8.69. The van der Waals surface area contributed by atoms with E-state index in [9.17, 15) is 4.79 Å². The fraction of sp³-hybridized carbons (Fsp3) is 0.381. The van der Waals surface area contributed by atoms with Gasteiger partial charge in [0.15, 0.2) is 0 Å². The molecule has 3 nitrogen and oxygen atoms in total. The Morgan fingerprint density at radius 3 is 2.52 bits per heavy atom. The van der Waals surface area contributed by atoms with Gasteiger partial charge in [-0.25, -0.2) is 4.79 Å². The number of hydrogen-bond donors (Lipinski definition) is 0. The number of benzene rings is 2. The van der Waals surface area contributed by atoms with E-state index in [-0.39, 0.29) is 11.4 Å². The van der Waals surface area contributed by atoms with Gasteiger partial charge in [0, 0.05) is 12.0 Å². The largest absolute Gasteiger partial charge is 0.456 e. The van der Waals surface area contributed by atoms with Crippen LogP contribution in [-0.2, 0) is 14.6 Å². The van der Waals surface area contributed by atoms with E-state index in [0.29, 0.717) is 20.9 Å². The minimum atomic E-state index is -0.490. The molecule has 0 bridgehead atoms. The van der Waals surface area contributed by atoms with Crippen molar-refractivity contribution in [3.63, 3.8) is 0 Å². The number of carbonyl (C=O) groups is 1. The molecule has 0 spiro atoms. The second-order valence-electron chi connectivity index (χ2n) is 7.98. The first-order valence-corrected chi connectivity index (χ1v) is 9.68. The van der Waals surface area contributed by atoms with Gasteiger partial charge in [-0.05, 0) is 61.6 Å². The number of rotatable bonds is 3. The molecule has 2 aliphatic rings. The van der Waals surface area contributed by atoms with Crippen molar-refractivity contribution < 1.29 is 14.0 Å². The van der Waals surface area contributed by atoms with Gasteiger partial charge in [0.25, 0.3) is 0 Å². The van der Waals surface area contributed by atoms with Crippen LogP contribution in [0.3, 0.4) is 0 Å². The average Bonchev–Trinajstić information content (AvgIpc) is 3.15. The van der Waals surface area contributed by atoms with Crippen LogP contribution in [-0.4, -0.2) is 27.9 Å². The normalized spacial score (nSPS) is 24.7. The van der Waals surface area contributed by atoms with E-state index in [1.807, 2.05) is 45.0 Å². The maximum atomic E-state index is 12.3. The van der Waals surface area contributed by atoms with Crippen LogP contribution in [0, 0.1) is 0 Å². The van der Waals surface area contributed by atoms with Crippen molar-refractivity contribution in [3.8, 4) is 11.1 Å². The zero-order valence-electron chi connectivity index (χ0n) is 14.8. The minimum Gasteiger partial charge on any atom is -0.456 e. The SMILES string of the molecule is CC(C)(C)OC(=O)c1cccc(-c2cccc([C@]34CO[Si]C3C4)c2)c1. The standard InChI is InChI=1S/C21H22O3Si/c1-20(2,3)24-19(22)16-8-4-6-14(10-16)15-7-5-9-17(11-15)21-12-18(21)25-23-13-21/h4-11,18H,12-13H2,1-3H3/t18?,21-/m0/s1. The Bertz CT molecular complexity index is 824. The lowest BCUT2D eigenvalue weighted by Crippen LogP contribution is -2.23. The van der Waals surface area contributed by atoms with Crippen molar-refractivity contribution in [1.82, 2.24) is 0 Å². The minimum absolute atomic E-state index is 0.247. The molecule has 1 saturated carbocycles. The van der Waals surface area contributed by atoms with Gasteiger partial charge in [-0.1, -0.05) is 36.4 Å². The van der Waals surface area contributed by atoms with Crippen LogP contribution < -0.4 is 0 Å². The van der Waals surface area contributed by atoms with E-state index in [1.165, 1.54) is 12.0 Å². The third kappa shape index (κ3) is 3.16. The van der Waals surface area contributed by atoms with Crippen LogP contribution in [0.15, 0.2) is 48.5 Å². The van der Waals surface area contributed by atoms with Crippen LogP contribution in [0.5, 0.6) is 0 Å². The van der Waals surface area contributed by atoms with Gasteiger partial charge in [0.1, 0.15) is 5.60 Å². The van der Waals surface area contributed by atoms with Gasteiger partial charge in [0.2, 0.25) is 9.76 Å². The zero-order valence-corrected chi connectivity index (χ0v) is 15.8. The summed E-state index contributed by atoms with van der Waals surface area (Å²) in [6.07, 6.45) is 1.24. The molecule has 2 aromatic carbocycles. The highest BCUT2D eigenvalue weighted by Gasteiger charge is 2.60. The molecule has 128 valence electrons. The number of ether oxygens (including phenoxy) is 1. The maximum Gasteiger partial charge on any atom is 0.338 e. The van der Waals surface area contributed by atoms with Gasteiger partial charge >= 0.3 is 5.97 Å². The third-order valence-corrected chi connectivity index (χ3v) is 6.25. The summed E-state index contributed by atoms with van der Waals surface area (Å²) in [7, 11) is 0.644. The Hall–Kier alpha value is -1.91. The molecule has 1 saturated heterocycles. The average molecular weight is 350 g/mol. The Morgan fingerprint density at radius 1 is 1.16 bits per heavy atom. The highest BCUT2D eigenvalue weighted by atomic mass is 28.2. The maximum absolute atomic E-state index is 12.3. The lowest BCUT2D eigenvalue weighted by atomic mass is 9.93. The number of hydrogen-bond acceptors (Lipinski definition) is 3. The lowest BCUT2D eigenvalue weighted by Gasteiger charge is -2.19. The fourth-order valence-corrected chi connectivity index (χ4v) is 4.93. The highest BCUT2D eigenvalue weighted by molar-refractivity contribution is 6.33. The summed E-state index contributed by atoms with van der Waals surface area (Å²) in [6.45, 7) is 6.49. The van der Waals surface area contributed by atoms with Crippen molar-refractivity contribution in [3.05, 3.63) is 59.7 Å². The predicted octanol–water partition coefficient (Wildman–Crippen LogP) is 4.39. The Kier molecular flexibility index (Phi) is 3.85. The van der Waals surface area contributed by atoms with Gasteiger partial charge in [-0.15, -0.1) is 0 Å². The summed E-state index contributed by atoms with van der Waals surface area (Å²) < 4.78 is 11.2. The number of carbonyl (C=O) groups excluding carboxylic acids is 1. The highest BCUT2D eigenvalue weighted by Crippen LogP contribution is 2.62. The van der Waals surface area contributed by atoms with Crippen molar-refractivity contribution >= 4 is 15.7 Å². The van der Waals surface area contributed by atoms with Crippen LogP contribution in [0.1, 0.15) is 43.1 Å². The summed E-state index contributed by atoms with van der Waals surface area (Å²) >= 11 is 0. The second kappa shape index (κ2) is 5.82. The molecule has 4 heteroatoms. The molecule has 1 heterocycles. The van der Waals surface area contributed by atoms with E-state index in [0.717, 1.165) is 17.7 Å². The quantitative estimate of drug-likeness (QED) is 0.608. The van der Waals surface area contributed by atoms with Crippen LogP contribution in [0.25, 0.3) is 11.1 Å². The van der Waals surface area contributed by atoms with E-state index in [2.05, 4.69) is 24.3 Å². The molecule has 2 fully saturated rings.